The summed E-state index contributed by atoms with van der Waals surface area (Å²) in [7, 11) is 0. The van der Waals surface area contributed by atoms with Crippen LogP contribution in [0.3, 0.4) is 0 Å². The Balaban J connectivity index is 1.29. The van der Waals surface area contributed by atoms with Crippen LogP contribution in [-0.2, 0) is 0 Å². The molecule has 3 aromatic carbocycles. The minimum Gasteiger partial charge on any atom is -0.368 e. The normalized spacial score (nSPS) is 13.4. The Morgan fingerprint density at radius 3 is 2.11 bits per heavy atom. The van der Waals surface area contributed by atoms with Crippen LogP contribution in [0.2, 0.25) is 0 Å². The topological polar surface area (TPSA) is 78.4 Å². The molecule has 1 fully saturated rings. The first-order chi connectivity index (χ1) is 17.6. The number of ketones is 1. The number of aromatic nitrogens is 2. The quantitative estimate of drug-likeness (QED) is 0.409. The van der Waals surface area contributed by atoms with Gasteiger partial charge in [0.15, 0.2) is 5.78 Å². The average molecular weight is 478 g/mol. The van der Waals surface area contributed by atoms with E-state index in [1.165, 1.54) is 12.0 Å². The van der Waals surface area contributed by atoms with Crippen molar-refractivity contribution in [1.82, 2.24) is 9.97 Å². The van der Waals surface area contributed by atoms with E-state index < -0.39 is 0 Å². The highest BCUT2D eigenvalue weighted by atomic mass is 16.2. The number of carbonyl (C=O) groups is 2. The Hall–Kier alpha value is -4.52. The van der Waals surface area contributed by atoms with E-state index >= 15 is 0 Å². The summed E-state index contributed by atoms with van der Waals surface area (Å²) in [6, 6.07) is 26.3. The number of amides is 1. The van der Waals surface area contributed by atoms with Crippen molar-refractivity contribution < 1.29 is 9.59 Å². The molecule has 0 atom stereocenters. The number of nitrogens with one attached hydrogen (secondary N) is 1. The van der Waals surface area contributed by atoms with Gasteiger partial charge in [-0.1, -0.05) is 66.2 Å². The van der Waals surface area contributed by atoms with Gasteiger partial charge in [0, 0.05) is 49.1 Å². The molecule has 0 aliphatic carbocycles. The van der Waals surface area contributed by atoms with Crippen molar-refractivity contribution >= 4 is 29.0 Å². The molecule has 0 bridgehead atoms. The maximum atomic E-state index is 13.2. The fourth-order valence-corrected chi connectivity index (χ4v) is 4.34. The third kappa shape index (κ3) is 5.10. The van der Waals surface area contributed by atoms with Gasteiger partial charge in [-0.15, -0.1) is 0 Å². The Morgan fingerprint density at radius 2 is 1.39 bits per heavy atom. The number of aryl methyl sites for hydroxylation is 1. The second kappa shape index (κ2) is 10.4. The van der Waals surface area contributed by atoms with Crippen LogP contribution in [0, 0.1) is 6.92 Å². The van der Waals surface area contributed by atoms with Gasteiger partial charge in [0.25, 0.3) is 5.91 Å². The highest BCUT2D eigenvalue weighted by Gasteiger charge is 2.21. The highest BCUT2D eigenvalue weighted by molar-refractivity contribution is 6.17. The number of nitrogens with zero attached hydrogens (tertiary/aromatic N) is 4. The standard InChI is InChI=1S/C29H27N5O2/c1-21-11-13-22(14-12-21)28(35)24-9-5-6-10-25(24)29(36)32-26-19-27(31-20-30-26)34-17-15-33(16-18-34)23-7-3-2-4-8-23/h2-14,19-20H,15-18H2,1H3,(H,30,31,32,36). The van der Waals surface area contributed by atoms with Gasteiger partial charge < -0.3 is 15.1 Å². The molecule has 5 rings (SSSR count). The van der Waals surface area contributed by atoms with Crippen molar-refractivity contribution in [3.8, 4) is 0 Å². The van der Waals surface area contributed by atoms with Crippen LogP contribution in [-0.4, -0.2) is 47.8 Å². The largest absolute Gasteiger partial charge is 0.368 e. The molecule has 1 amide bonds. The lowest BCUT2D eigenvalue weighted by molar-refractivity contribution is 0.0996. The van der Waals surface area contributed by atoms with Crippen molar-refractivity contribution in [2.45, 2.75) is 6.92 Å². The van der Waals surface area contributed by atoms with Gasteiger partial charge in [-0.3, -0.25) is 9.59 Å². The molecule has 1 aromatic heterocycles. The first-order valence-electron chi connectivity index (χ1n) is 12.0. The molecule has 0 unspecified atom stereocenters. The van der Waals surface area contributed by atoms with E-state index in [-0.39, 0.29) is 11.7 Å². The Labute approximate surface area is 210 Å². The van der Waals surface area contributed by atoms with Crippen LogP contribution < -0.4 is 15.1 Å². The molecule has 7 heteroatoms. The zero-order valence-electron chi connectivity index (χ0n) is 20.1. The summed E-state index contributed by atoms with van der Waals surface area (Å²) < 4.78 is 0. The van der Waals surface area contributed by atoms with Gasteiger partial charge >= 0.3 is 0 Å². The van der Waals surface area contributed by atoms with Crippen LogP contribution in [0.25, 0.3) is 0 Å². The van der Waals surface area contributed by atoms with Crippen molar-refractivity contribution in [1.29, 1.82) is 0 Å². The minimum atomic E-state index is -0.385. The van der Waals surface area contributed by atoms with E-state index in [0.717, 1.165) is 37.6 Å². The second-order valence-corrected chi connectivity index (χ2v) is 8.77. The maximum Gasteiger partial charge on any atom is 0.257 e. The molecule has 36 heavy (non-hydrogen) atoms. The zero-order valence-corrected chi connectivity index (χ0v) is 20.1. The molecule has 0 spiro atoms. The Kier molecular flexibility index (Phi) is 6.71. The highest BCUT2D eigenvalue weighted by Crippen LogP contribution is 2.21. The number of hydrogen-bond donors (Lipinski definition) is 1. The Morgan fingerprint density at radius 1 is 0.750 bits per heavy atom. The summed E-state index contributed by atoms with van der Waals surface area (Å²) in [6.07, 6.45) is 1.46. The van der Waals surface area contributed by atoms with Crippen LogP contribution in [0.15, 0.2) is 91.3 Å². The number of benzene rings is 3. The van der Waals surface area contributed by atoms with Crippen LogP contribution >= 0.6 is 0 Å². The predicted molar refractivity (Wildman–Crippen MR) is 142 cm³/mol. The number of rotatable bonds is 6. The van der Waals surface area contributed by atoms with E-state index in [0.29, 0.717) is 22.5 Å². The van der Waals surface area contributed by atoms with Gasteiger partial charge in [-0.2, -0.15) is 0 Å². The Bertz CT molecular complexity index is 1360. The lowest BCUT2D eigenvalue weighted by atomic mass is 9.97. The van der Waals surface area contributed by atoms with E-state index in [1.807, 2.05) is 37.3 Å². The molecule has 7 nitrogen and oxygen atoms in total. The summed E-state index contributed by atoms with van der Waals surface area (Å²) in [5.41, 5.74) is 3.48. The van der Waals surface area contributed by atoms with Gasteiger partial charge in [0.2, 0.25) is 0 Å². The van der Waals surface area contributed by atoms with Gasteiger partial charge in [0.05, 0.1) is 5.56 Å². The van der Waals surface area contributed by atoms with E-state index in [1.54, 1.807) is 42.5 Å². The van der Waals surface area contributed by atoms with Gasteiger partial charge in [0.1, 0.15) is 18.0 Å². The van der Waals surface area contributed by atoms with Crippen LogP contribution in [0.5, 0.6) is 0 Å². The third-order valence-corrected chi connectivity index (χ3v) is 6.35. The van der Waals surface area contributed by atoms with Gasteiger partial charge in [-0.25, -0.2) is 9.97 Å². The molecule has 2 heterocycles. The smallest absolute Gasteiger partial charge is 0.257 e. The summed E-state index contributed by atoms with van der Waals surface area (Å²) in [5.74, 6) is 0.579. The molecule has 0 radical (unpaired) electrons. The monoisotopic (exact) mass is 477 g/mol. The first-order valence-corrected chi connectivity index (χ1v) is 12.0. The average Bonchev–Trinajstić information content (AvgIpc) is 2.94. The maximum absolute atomic E-state index is 13.2. The van der Waals surface area contributed by atoms with Crippen molar-refractivity contribution in [2.75, 3.05) is 41.3 Å². The van der Waals surface area contributed by atoms with E-state index in [2.05, 4.69) is 37.2 Å². The number of carbonyl (C=O) groups excluding carboxylic acids is 2. The van der Waals surface area contributed by atoms with Gasteiger partial charge in [-0.05, 0) is 25.1 Å². The number of para-hydroxylation sites is 1. The van der Waals surface area contributed by atoms with E-state index in [4.69, 9.17) is 0 Å². The van der Waals surface area contributed by atoms with E-state index in [9.17, 15) is 9.59 Å². The molecule has 4 aromatic rings. The second-order valence-electron chi connectivity index (χ2n) is 8.77. The SMILES string of the molecule is Cc1ccc(C(=O)c2ccccc2C(=O)Nc2cc(N3CCN(c4ccccc4)CC3)ncn2)cc1. The number of hydrogen-bond acceptors (Lipinski definition) is 6. The van der Waals surface area contributed by atoms with Crippen LogP contribution in [0.1, 0.15) is 31.8 Å². The molecule has 180 valence electrons. The number of anilines is 3. The van der Waals surface area contributed by atoms with Crippen LogP contribution in [0.4, 0.5) is 17.3 Å². The summed E-state index contributed by atoms with van der Waals surface area (Å²) in [4.78, 5) is 39.5. The third-order valence-electron chi connectivity index (χ3n) is 6.35. The molecule has 1 aliphatic rings. The fourth-order valence-electron chi connectivity index (χ4n) is 4.34. The van der Waals surface area contributed by atoms with Crippen molar-refractivity contribution in [3.63, 3.8) is 0 Å². The molecule has 0 saturated carbocycles. The van der Waals surface area contributed by atoms with Crippen molar-refractivity contribution in [2.24, 2.45) is 0 Å². The summed E-state index contributed by atoms with van der Waals surface area (Å²) in [6.45, 7) is 5.35. The molecule has 1 N–H and O–H groups in total. The molecule has 1 aliphatic heterocycles. The number of piperazine rings is 1. The summed E-state index contributed by atoms with van der Waals surface area (Å²) >= 11 is 0. The minimum absolute atomic E-state index is 0.194. The molecular weight excluding hydrogens is 450 g/mol. The summed E-state index contributed by atoms with van der Waals surface area (Å²) in [5, 5.41) is 2.85. The van der Waals surface area contributed by atoms with Crippen molar-refractivity contribution in [3.05, 3.63) is 114 Å². The lowest BCUT2D eigenvalue weighted by Gasteiger charge is -2.36. The first kappa shape index (κ1) is 23.2. The fraction of sp³-hybridized carbons (Fsp3) is 0.172. The zero-order chi connectivity index (χ0) is 24.9. The molecule has 1 saturated heterocycles. The molecular formula is C29H27N5O2. The lowest BCUT2D eigenvalue weighted by Crippen LogP contribution is -2.46. The predicted octanol–water partition coefficient (Wildman–Crippen LogP) is 4.59.